The molecule has 0 atom stereocenters. The molecule has 33 heavy (non-hydrogen) atoms. The largest absolute Gasteiger partial charge is 0.369 e. The summed E-state index contributed by atoms with van der Waals surface area (Å²) in [6.45, 7) is 1.09. The highest BCUT2D eigenvalue weighted by molar-refractivity contribution is 7.99. The van der Waals surface area contributed by atoms with E-state index in [1.54, 1.807) is 35.2 Å². The van der Waals surface area contributed by atoms with Gasteiger partial charge in [0.15, 0.2) is 5.16 Å². The van der Waals surface area contributed by atoms with Crippen molar-refractivity contribution in [1.29, 1.82) is 0 Å². The zero-order chi connectivity index (χ0) is 23.4. The molecule has 0 saturated carbocycles. The number of thioether (sulfide) groups is 1. The number of aromatic nitrogens is 2. The number of benzene rings is 2. The number of fused-ring (bicyclic) bond motifs is 1. The lowest BCUT2D eigenvalue weighted by atomic mass is 9.96. The molecule has 3 aromatic rings. The van der Waals surface area contributed by atoms with E-state index >= 15 is 0 Å². The Bertz CT molecular complexity index is 1240. The Labute approximate surface area is 194 Å². The second-order valence-corrected chi connectivity index (χ2v) is 9.10. The number of halogens is 1. The topological polar surface area (TPSA) is 98.3 Å². The van der Waals surface area contributed by atoms with Gasteiger partial charge in [-0.25, -0.2) is 9.37 Å². The predicted molar refractivity (Wildman–Crippen MR) is 126 cm³/mol. The Balaban J connectivity index is 1.45. The Hall–Kier alpha value is -3.20. The molecular weight excluding hydrogens is 443 g/mol. The molecule has 0 spiro atoms. The van der Waals surface area contributed by atoms with Crippen LogP contribution in [-0.4, -0.2) is 45.1 Å². The molecular formula is C24H25FN4O3S. The maximum absolute atomic E-state index is 13.9. The van der Waals surface area contributed by atoms with Crippen molar-refractivity contribution in [2.75, 3.05) is 18.8 Å². The summed E-state index contributed by atoms with van der Waals surface area (Å²) in [7, 11) is 0. The number of carbonyl (C=O) groups excluding carboxylic acids is 2. The van der Waals surface area contributed by atoms with Crippen LogP contribution >= 0.6 is 11.8 Å². The fourth-order valence-electron chi connectivity index (χ4n) is 4.01. The summed E-state index contributed by atoms with van der Waals surface area (Å²) in [5, 5.41) is 0.916. The minimum Gasteiger partial charge on any atom is -0.369 e. The standard InChI is InChI=1S/C24H25FN4O3S/c25-17-5-3-6-18(15-17)29-23(32)19-7-1-2-8-20(19)27-24(29)33-14-4-9-21(30)28-12-10-16(11-13-28)22(26)31/h1-3,5-8,15-16H,4,9-14H2,(H2,26,31). The van der Waals surface area contributed by atoms with E-state index in [1.165, 1.54) is 28.5 Å². The number of hydrogen-bond acceptors (Lipinski definition) is 5. The predicted octanol–water partition coefficient (Wildman–Crippen LogP) is 3.12. The molecule has 0 unspecified atom stereocenters. The van der Waals surface area contributed by atoms with Crippen LogP contribution in [0.4, 0.5) is 4.39 Å². The first-order chi connectivity index (χ1) is 15.9. The first-order valence-corrected chi connectivity index (χ1v) is 11.9. The van der Waals surface area contributed by atoms with Gasteiger partial charge in [0, 0.05) is 31.2 Å². The normalized spacial score (nSPS) is 14.5. The maximum atomic E-state index is 13.9. The molecule has 2 N–H and O–H groups in total. The van der Waals surface area contributed by atoms with Crippen LogP contribution in [0.25, 0.3) is 16.6 Å². The number of nitrogens with two attached hydrogens (primary N) is 1. The third-order valence-corrected chi connectivity index (χ3v) is 6.85. The van der Waals surface area contributed by atoms with Crippen molar-refractivity contribution in [1.82, 2.24) is 14.5 Å². The quantitative estimate of drug-likeness (QED) is 0.326. The van der Waals surface area contributed by atoms with Gasteiger partial charge in [-0.1, -0.05) is 30.0 Å². The van der Waals surface area contributed by atoms with Gasteiger partial charge in [0.2, 0.25) is 11.8 Å². The average molecular weight is 469 g/mol. The highest BCUT2D eigenvalue weighted by atomic mass is 32.2. The molecule has 1 fully saturated rings. The summed E-state index contributed by atoms with van der Waals surface area (Å²) < 4.78 is 15.3. The minimum absolute atomic E-state index is 0.0486. The Morgan fingerprint density at radius 2 is 1.88 bits per heavy atom. The van der Waals surface area contributed by atoms with Crippen molar-refractivity contribution >= 4 is 34.5 Å². The van der Waals surface area contributed by atoms with Gasteiger partial charge in [0.25, 0.3) is 5.56 Å². The molecule has 1 aliphatic rings. The van der Waals surface area contributed by atoms with Crippen LogP contribution < -0.4 is 11.3 Å². The second-order valence-electron chi connectivity index (χ2n) is 8.04. The number of amides is 2. The molecule has 4 rings (SSSR count). The van der Waals surface area contributed by atoms with Crippen LogP contribution in [0.1, 0.15) is 25.7 Å². The van der Waals surface area contributed by atoms with Gasteiger partial charge in [-0.2, -0.15) is 0 Å². The number of piperidine rings is 1. The number of nitrogens with zero attached hydrogens (tertiary/aromatic N) is 3. The Morgan fingerprint density at radius 1 is 1.12 bits per heavy atom. The number of hydrogen-bond donors (Lipinski definition) is 1. The molecule has 1 aliphatic heterocycles. The van der Waals surface area contributed by atoms with Crippen molar-refractivity contribution in [2.45, 2.75) is 30.8 Å². The van der Waals surface area contributed by atoms with Gasteiger partial charge in [0.1, 0.15) is 5.82 Å². The van der Waals surface area contributed by atoms with Crippen LogP contribution in [0, 0.1) is 11.7 Å². The van der Waals surface area contributed by atoms with Crippen LogP contribution in [0.2, 0.25) is 0 Å². The van der Waals surface area contributed by atoms with Crippen LogP contribution in [-0.2, 0) is 9.59 Å². The van der Waals surface area contributed by atoms with Crippen LogP contribution in [0.5, 0.6) is 0 Å². The summed E-state index contributed by atoms with van der Waals surface area (Å²) in [5.74, 6) is -0.264. The van der Waals surface area contributed by atoms with E-state index in [-0.39, 0.29) is 23.3 Å². The lowest BCUT2D eigenvalue weighted by molar-refractivity contribution is -0.134. The second kappa shape index (κ2) is 10.2. The van der Waals surface area contributed by atoms with Crippen molar-refractivity contribution < 1.29 is 14.0 Å². The third kappa shape index (κ3) is 5.24. The smallest absolute Gasteiger partial charge is 0.266 e. The number of para-hydroxylation sites is 1. The molecule has 0 aliphatic carbocycles. The molecule has 172 valence electrons. The summed E-state index contributed by atoms with van der Waals surface area (Å²) in [5.41, 5.74) is 6.08. The van der Waals surface area contributed by atoms with Gasteiger partial charge >= 0.3 is 0 Å². The Morgan fingerprint density at radius 3 is 2.61 bits per heavy atom. The first-order valence-electron chi connectivity index (χ1n) is 10.9. The van der Waals surface area contributed by atoms with E-state index in [4.69, 9.17) is 5.73 Å². The molecule has 2 heterocycles. The van der Waals surface area contributed by atoms with E-state index in [0.29, 0.717) is 66.3 Å². The van der Waals surface area contributed by atoms with Crippen molar-refractivity contribution in [3.8, 4) is 5.69 Å². The van der Waals surface area contributed by atoms with Crippen molar-refractivity contribution in [3.63, 3.8) is 0 Å². The zero-order valence-corrected chi connectivity index (χ0v) is 18.9. The molecule has 9 heteroatoms. The summed E-state index contributed by atoms with van der Waals surface area (Å²) >= 11 is 1.37. The van der Waals surface area contributed by atoms with Crippen LogP contribution in [0.15, 0.2) is 58.5 Å². The van der Waals surface area contributed by atoms with E-state index in [9.17, 15) is 18.8 Å². The molecule has 7 nitrogen and oxygen atoms in total. The molecule has 1 aromatic heterocycles. The SMILES string of the molecule is NC(=O)C1CCN(C(=O)CCCSc2nc3ccccc3c(=O)n2-c2cccc(F)c2)CC1. The number of primary amides is 1. The van der Waals surface area contributed by atoms with E-state index in [2.05, 4.69) is 4.98 Å². The Kier molecular flexibility index (Phi) is 7.08. The minimum atomic E-state index is -0.436. The fraction of sp³-hybridized carbons (Fsp3) is 0.333. The fourth-order valence-corrected chi connectivity index (χ4v) is 4.96. The van der Waals surface area contributed by atoms with Gasteiger partial charge in [-0.3, -0.25) is 19.0 Å². The lowest BCUT2D eigenvalue weighted by Gasteiger charge is -2.30. The first kappa shape index (κ1) is 23.0. The van der Waals surface area contributed by atoms with Gasteiger partial charge < -0.3 is 10.6 Å². The van der Waals surface area contributed by atoms with E-state index < -0.39 is 5.82 Å². The van der Waals surface area contributed by atoms with Gasteiger partial charge in [-0.05, 0) is 49.6 Å². The highest BCUT2D eigenvalue weighted by Gasteiger charge is 2.25. The summed E-state index contributed by atoms with van der Waals surface area (Å²) in [4.78, 5) is 43.4. The lowest BCUT2D eigenvalue weighted by Crippen LogP contribution is -2.41. The average Bonchev–Trinajstić information content (AvgIpc) is 2.82. The summed E-state index contributed by atoms with van der Waals surface area (Å²) in [6.07, 6.45) is 2.19. The van der Waals surface area contributed by atoms with Gasteiger partial charge in [-0.15, -0.1) is 0 Å². The van der Waals surface area contributed by atoms with Crippen molar-refractivity contribution in [2.24, 2.45) is 11.7 Å². The number of likely N-dealkylation sites (tertiary alicyclic amines) is 1. The van der Waals surface area contributed by atoms with Crippen LogP contribution in [0.3, 0.4) is 0 Å². The highest BCUT2D eigenvalue weighted by Crippen LogP contribution is 2.23. The molecule has 2 aromatic carbocycles. The summed E-state index contributed by atoms with van der Waals surface area (Å²) in [6, 6.07) is 12.9. The van der Waals surface area contributed by atoms with Crippen molar-refractivity contribution in [3.05, 3.63) is 64.7 Å². The monoisotopic (exact) mass is 468 g/mol. The molecule has 2 amide bonds. The van der Waals surface area contributed by atoms with E-state index in [1.807, 2.05) is 6.07 Å². The zero-order valence-electron chi connectivity index (χ0n) is 18.1. The molecule has 0 radical (unpaired) electrons. The van der Waals surface area contributed by atoms with E-state index in [0.717, 1.165) is 0 Å². The molecule has 1 saturated heterocycles. The third-order valence-electron chi connectivity index (χ3n) is 5.83. The van der Waals surface area contributed by atoms with Gasteiger partial charge in [0.05, 0.1) is 16.6 Å². The number of carbonyl (C=O) groups is 2. The molecule has 0 bridgehead atoms. The number of rotatable bonds is 7. The maximum Gasteiger partial charge on any atom is 0.266 e.